The number of aliphatic hydroxyl groups excluding tert-OH is 1. The molecule has 0 fully saturated rings. The summed E-state index contributed by atoms with van der Waals surface area (Å²) >= 11 is 1.53. The van der Waals surface area contributed by atoms with E-state index in [0.29, 0.717) is 18.8 Å². The predicted molar refractivity (Wildman–Crippen MR) is 83.6 cm³/mol. The van der Waals surface area contributed by atoms with Crippen molar-refractivity contribution in [1.82, 2.24) is 8.87 Å². The van der Waals surface area contributed by atoms with E-state index < -0.39 is 10.0 Å². The molecule has 2 aromatic rings. The highest BCUT2D eigenvalue weighted by Gasteiger charge is 2.23. The van der Waals surface area contributed by atoms with Crippen molar-refractivity contribution in [1.29, 1.82) is 0 Å². The van der Waals surface area contributed by atoms with Gasteiger partial charge in [-0.3, -0.25) is 0 Å². The number of thiophene rings is 1. The lowest BCUT2D eigenvalue weighted by Crippen LogP contribution is -2.25. The Hall–Kier alpha value is -1.15. The molecule has 0 saturated heterocycles. The Kier molecular flexibility index (Phi) is 5.21. The minimum absolute atomic E-state index is 0.163. The molecule has 0 bridgehead atoms. The predicted octanol–water partition coefficient (Wildman–Crippen LogP) is 2.27. The van der Waals surface area contributed by atoms with E-state index in [1.54, 1.807) is 23.9 Å². The van der Waals surface area contributed by atoms with Gasteiger partial charge in [0.1, 0.15) is 4.90 Å². The van der Waals surface area contributed by atoms with Gasteiger partial charge in [0, 0.05) is 36.9 Å². The summed E-state index contributed by atoms with van der Waals surface area (Å²) in [5.74, 6) is 0. The summed E-state index contributed by atoms with van der Waals surface area (Å²) in [7, 11) is -1.96. The van der Waals surface area contributed by atoms with Gasteiger partial charge in [-0.2, -0.15) is 4.31 Å². The molecule has 0 aliphatic carbocycles. The fraction of sp³-hybridized carbons (Fsp3) is 0.429. The van der Waals surface area contributed by atoms with Gasteiger partial charge in [0.05, 0.1) is 6.61 Å². The van der Waals surface area contributed by atoms with Gasteiger partial charge in [-0.15, -0.1) is 11.3 Å². The quantitative estimate of drug-likeness (QED) is 0.848. The first-order chi connectivity index (χ1) is 9.98. The number of aromatic nitrogens is 1. The van der Waals surface area contributed by atoms with Crippen LogP contribution in [0.4, 0.5) is 0 Å². The van der Waals surface area contributed by atoms with Crippen LogP contribution in [0.15, 0.2) is 34.7 Å². The highest BCUT2D eigenvalue weighted by atomic mass is 32.2. The second-order valence-corrected chi connectivity index (χ2v) is 7.94. The zero-order chi connectivity index (χ0) is 15.5. The second-order valence-electron chi connectivity index (χ2n) is 4.86. The van der Waals surface area contributed by atoms with E-state index in [2.05, 4.69) is 0 Å². The molecule has 5 nitrogen and oxygen atoms in total. The number of aliphatic hydroxyl groups is 1. The van der Waals surface area contributed by atoms with Crippen molar-refractivity contribution in [3.63, 3.8) is 0 Å². The van der Waals surface area contributed by atoms with E-state index >= 15 is 0 Å². The summed E-state index contributed by atoms with van der Waals surface area (Å²) in [6, 6.07) is 5.37. The highest BCUT2D eigenvalue weighted by Crippen LogP contribution is 2.21. The fourth-order valence-corrected chi connectivity index (χ4v) is 4.19. The van der Waals surface area contributed by atoms with E-state index in [-0.39, 0.29) is 11.5 Å². The smallest absolute Gasteiger partial charge is 0.244 e. The highest BCUT2D eigenvalue weighted by molar-refractivity contribution is 7.89. The molecule has 0 aromatic carbocycles. The zero-order valence-corrected chi connectivity index (χ0v) is 13.8. The molecule has 0 spiro atoms. The molecular formula is C14H20N2O3S2. The van der Waals surface area contributed by atoms with E-state index in [0.717, 1.165) is 11.3 Å². The van der Waals surface area contributed by atoms with Gasteiger partial charge in [0.25, 0.3) is 0 Å². The molecule has 116 valence electrons. The third-order valence-electron chi connectivity index (χ3n) is 3.25. The normalized spacial score (nSPS) is 12.2. The summed E-state index contributed by atoms with van der Waals surface area (Å²) in [4.78, 5) is 1.23. The minimum Gasteiger partial charge on any atom is -0.390 e. The molecule has 0 aliphatic rings. The molecule has 7 heteroatoms. The van der Waals surface area contributed by atoms with Crippen LogP contribution in [-0.4, -0.2) is 29.4 Å². The number of sulfonamides is 1. The van der Waals surface area contributed by atoms with Crippen LogP contribution in [0.1, 0.15) is 23.9 Å². The van der Waals surface area contributed by atoms with E-state index in [4.69, 9.17) is 0 Å². The Bertz CT molecular complexity index is 675. The van der Waals surface area contributed by atoms with Crippen LogP contribution in [0.3, 0.4) is 0 Å². The molecule has 21 heavy (non-hydrogen) atoms. The van der Waals surface area contributed by atoms with Crippen LogP contribution in [0.5, 0.6) is 0 Å². The average molecular weight is 328 g/mol. The number of nitrogens with zero attached hydrogens (tertiary/aromatic N) is 2. The Morgan fingerprint density at radius 3 is 2.76 bits per heavy atom. The number of hydrogen-bond donors (Lipinski definition) is 1. The van der Waals surface area contributed by atoms with Crippen molar-refractivity contribution < 1.29 is 13.5 Å². The number of rotatable bonds is 7. The van der Waals surface area contributed by atoms with Crippen molar-refractivity contribution in [3.8, 4) is 0 Å². The van der Waals surface area contributed by atoms with Crippen molar-refractivity contribution in [2.45, 2.75) is 37.9 Å². The van der Waals surface area contributed by atoms with Crippen LogP contribution in [0.2, 0.25) is 0 Å². The van der Waals surface area contributed by atoms with Crippen molar-refractivity contribution >= 4 is 21.4 Å². The molecule has 0 radical (unpaired) electrons. The summed E-state index contributed by atoms with van der Waals surface area (Å²) in [6.07, 6.45) is 2.49. The maximum atomic E-state index is 12.6. The maximum absolute atomic E-state index is 12.6. The topological polar surface area (TPSA) is 62.5 Å². The molecule has 2 heterocycles. The van der Waals surface area contributed by atoms with Crippen molar-refractivity contribution in [2.75, 3.05) is 7.05 Å². The molecule has 2 rings (SSSR count). The Balaban J connectivity index is 2.26. The minimum atomic E-state index is -3.54. The lowest BCUT2D eigenvalue weighted by Gasteiger charge is -2.15. The van der Waals surface area contributed by atoms with Crippen LogP contribution in [0, 0.1) is 0 Å². The molecule has 2 aromatic heterocycles. The zero-order valence-electron chi connectivity index (χ0n) is 12.2. The van der Waals surface area contributed by atoms with Crippen LogP contribution in [0.25, 0.3) is 0 Å². The first kappa shape index (κ1) is 16.2. The van der Waals surface area contributed by atoms with Crippen LogP contribution in [-0.2, 0) is 29.7 Å². The summed E-state index contributed by atoms with van der Waals surface area (Å²) < 4.78 is 28.3. The van der Waals surface area contributed by atoms with E-state index in [9.17, 15) is 13.5 Å². The lowest BCUT2D eigenvalue weighted by molar-refractivity contribution is 0.270. The third-order valence-corrected chi connectivity index (χ3v) is 5.88. The van der Waals surface area contributed by atoms with Gasteiger partial charge in [0.15, 0.2) is 0 Å². The van der Waals surface area contributed by atoms with Gasteiger partial charge in [-0.25, -0.2) is 8.42 Å². The Morgan fingerprint density at radius 2 is 2.19 bits per heavy atom. The lowest BCUT2D eigenvalue weighted by atomic mass is 10.4. The molecular weight excluding hydrogens is 308 g/mol. The van der Waals surface area contributed by atoms with Gasteiger partial charge in [-0.05, 0) is 23.9 Å². The van der Waals surface area contributed by atoms with Crippen molar-refractivity contribution in [3.05, 3.63) is 40.3 Å². The molecule has 1 N–H and O–H groups in total. The first-order valence-corrected chi connectivity index (χ1v) is 9.09. The Labute approximate surface area is 129 Å². The van der Waals surface area contributed by atoms with E-state index in [1.165, 1.54) is 15.6 Å². The molecule has 0 amide bonds. The van der Waals surface area contributed by atoms with Gasteiger partial charge < -0.3 is 9.67 Å². The fourth-order valence-electron chi connectivity index (χ4n) is 2.13. The monoisotopic (exact) mass is 328 g/mol. The summed E-state index contributed by atoms with van der Waals surface area (Å²) in [5, 5.41) is 11.3. The molecule has 0 atom stereocenters. The largest absolute Gasteiger partial charge is 0.390 e. The summed E-state index contributed by atoms with van der Waals surface area (Å²) in [6.45, 7) is 2.90. The molecule has 0 saturated carbocycles. The van der Waals surface area contributed by atoms with Gasteiger partial charge in [0.2, 0.25) is 10.0 Å². The SMILES string of the molecule is CCCn1cc(S(=O)(=O)N(C)Cc2cccs2)cc1CO. The number of aryl methyl sites for hydroxylation is 1. The summed E-state index contributed by atoms with van der Waals surface area (Å²) in [5.41, 5.74) is 0.625. The number of hydrogen-bond acceptors (Lipinski definition) is 4. The molecule has 0 unspecified atom stereocenters. The first-order valence-electron chi connectivity index (χ1n) is 6.77. The Morgan fingerprint density at radius 1 is 1.43 bits per heavy atom. The standard InChI is InChI=1S/C14H20N2O3S2/c1-3-6-16-10-14(8-12(16)11-17)21(18,19)15(2)9-13-5-4-7-20-13/h4-5,7-8,10,17H,3,6,9,11H2,1-2H3. The van der Waals surface area contributed by atoms with Gasteiger partial charge >= 0.3 is 0 Å². The van der Waals surface area contributed by atoms with Crippen molar-refractivity contribution in [2.24, 2.45) is 0 Å². The maximum Gasteiger partial charge on any atom is 0.244 e. The van der Waals surface area contributed by atoms with Crippen LogP contribution < -0.4 is 0 Å². The molecule has 0 aliphatic heterocycles. The van der Waals surface area contributed by atoms with E-state index in [1.807, 2.05) is 24.4 Å². The third kappa shape index (κ3) is 3.55. The second kappa shape index (κ2) is 6.74. The average Bonchev–Trinajstić information content (AvgIpc) is 3.08. The van der Waals surface area contributed by atoms with Crippen LogP contribution >= 0.6 is 11.3 Å². The van der Waals surface area contributed by atoms with Gasteiger partial charge in [-0.1, -0.05) is 13.0 Å².